The third kappa shape index (κ3) is 7.51. The molecule has 1 aromatic rings. The third-order valence-corrected chi connectivity index (χ3v) is 7.79. The van der Waals surface area contributed by atoms with E-state index in [2.05, 4.69) is 17.0 Å². The van der Waals surface area contributed by atoms with E-state index in [9.17, 15) is 25.5 Å². The number of nitrogens with two attached hydrogens (primary N) is 3. The van der Waals surface area contributed by atoms with Crippen molar-refractivity contribution in [3.05, 3.63) is 35.9 Å². The number of benzene rings is 1. The molecule has 39 heavy (non-hydrogen) atoms. The molecule has 3 aliphatic rings. The van der Waals surface area contributed by atoms with Crippen molar-refractivity contribution in [2.24, 2.45) is 17.2 Å². The zero-order valence-electron chi connectivity index (χ0n) is 22.0. The second-order valence-electron chi connectivity index (χ2n) is 10.8. The molecule has 2 unspecified atom stereocenters. The number of ether oxygens (including phenoxy) is 4. The number of morpholine rings is 1. The van der Waals surface area contributed by atoms with Gasteiger partial charge in [-0.25, -0.2) is 0 Å². The molecule has 0 amide bonds. The lowest BCUT2D eigenvalue weighted by Crippen LogP contribution is -2.68. The van der Waals surface area contributed by atoms with Gasteiger partial charge in [-0.15, -0.1) is 0 Å². The van der Waals surface area contributed by atoms with Crippen LogP contribution in [0.4, 0.5) is 0 Å². The summed E-state index contributed by atoms with van der Waals surface area (Å²) in [4.78, 5) is 2.15. The van der Waals surface area contributed by atoms with Crippen LogP contribution in [-0.2, 0) is 25.4 Å². The van der Waals surface area contributed by atoms with Crippen molar-refractivity contribution in [1.82, 2.24) is 4.90 Å². The van der Waals surface area contributed by atoms with Crippen molar-refractivity contribution >= 4 is 0 Å². The van der Waals surface area contributed by atoms with Gasteiger partial charge in [-0.1, -0.05) is 30.3 Å². The maximum atomic E-state index is 11.0. The van der Waals surface area contributed by atoms with E-state index < -0.39 is 80.0 Å². The molecule has 0 bridgehead atoms. The quantitative estimate of drug-likeness (QED) is 0.141. The number of aliphatic hydroxyl groups is 5. The van der Waals surface area contributed by atoms with Gasteiger partial charge in [0, 0.05) is 25.2 Å². The molecular formula is C26H44N4O9. The fourth-order valence-electron chi connectivity index (χ4n) is 5.55. The average Bonchev–Trinajstić information content (AvgIpc) is 2.94. The fourth-order valence-corrected chi connectivity index (χ4v) is 5.55. The minimum absolute atomic E-state index is 0.200. The van der Waals surface area contributed by atoms with Crippen molar-refractivity contribution in [1.29, 1.82) is 0 Å². The highest BCUT2D eigenvalue weighted by Crippen LogP contribution is 2.30. The molecule has 11 N–H and O–H groups in total. The van der Waals surface area contributed by atoms with Crippen LogP contribution in [0, 0.1) is 0 Å². The van der Waals surface area contributed by atoms with Crippen LogP contribution in [-0.4, -0.2) is 137 Å². The standard InChI is InChI=1S/C26H44N4O9/c27-16-9-17(28)24(39-26-20(29)23(35)22(34)18(13-32)37-26)25(21(16)33)38-19-11-30(10-15(12-31)36-19)8-4-7-14-5-2-1-3-6-14/h1-3,5-6,15-26,31-35H,4,7-13,27-29H2/t15?,16-,17+,18-,19?,20-,21+,22-,23-,24-,25-,26-/m1/s1. The van der Waals surface area contributed by atoms with Crippen LogP contribution in [0.15, 0.2) is 30.3 Å². The molecule has 0 radical (unpaired) electrons. The number of aliphatic hydroxyl groups excluding tert-OH is 5. The van der Waals surface area contributed by atoms with E-state index in [4.69, 9.17) is 36.1 Å². The van der Waals surface area contributed by atoms with Crippen molar-refractivity contribution in [2.75, 3.05) is 32.8 Å². The average molecular weight is 557 g/mol. The molecule has 222 valence electrons. The van der Waals surface area contributed by atoms with E-state index in [0.29, 0.717) is 13.1 Å². The predicted octanol–water partition coefficient (Wildman–Crippen LogP) is -3.41. The Balaban J connectivity index is 1.43. The molecule has 1 aromatic carbocycles. The molecule has 13 nitrogen and oxygen atoms in total. The van der Waals surface area contributed by atoms with Crippen LogP contribution in [0.1, 0.15) is 18.4 Å². The minimum Gasteiger partial charge on any atom is -0.394 e. The SMILES string of the molecule is N[C@H]1[C@@H](O[C@H]2[C@H](OC3CN(CCCc4ccccc4)CC(CO)O3)[C@@H](O)[C@H](N)C[C@@H]2N)O[C@H](CO)[C@@H](O)[C@@H]1O. The Morgan fingerprint density at radius 2 is 1.59 bits per heavy atom. The molecule has 13 heteroatoms. The maximum Gasteiger partial charge on any atom is 0.176 e. The highest BCUT2D eigenvalue weighted by Gasteiger charge is 2.50. The summed E-state index contributed by atoms with van der Waals surface area (Å²) in [6, 6.07) is 7.66. The van der Waals surface area contributed by atoms with Crippen LogP contribution in [0.25, 0.3) is 0 Å². The van der Waals surface area contributed by atoms with Gasteiger partial charge in [0.15, 0.2) is 12.6 Å². The summed E-state index contributed by atoms with van der Waals surface area (Å²) >= 11 is 0. The van der Waals surface area contributed by atoms with Crippen LogP contribution in [0.2, 0.25) is 0 Å². The Morgan fingerprint density at radius 1 is 0.846 bits per heavy atom. The van der Waals surface area contributed by atoms with Gasteiger partial charge in [0.1, 0.15) is 30.5 Å². The minimum atomic E-state index is -1.41. The van der Waals surface area contributed by atoms with Gasteiger partial charge < -0.3 is 61.7 Å². The summed E-state index contributed by atoms with van der Waals surface area (Å²) in [5.74, 6) is 0. The third-order valence-electron chi connectivity index (χ3n) is 7.79. The molecule has 2 heterocycles. The molecule has 1 aliphatic carbocycles. The van der Waals surface area contributed by atoms with Gasteiger partial charge in [-0.05, 0) is 31.4 Å². The smallest absolute Gasteiger partial charge is 0.176 e. The predicted molar refractivity (Wildman–Crippen MR) is 139 cm³/mol. The summed E-state index contributed by atoms with van der Waals surface area (Å²) in [5.41, 5.74) is 19.8. The lowest BCUT2D eigenvalue weighted by Gasteiger charge is -2.48. The zero-order valence-corrected chi connectivity index (χ0v) is 22.0. The van der Waals surface area contributed by atoms with E-state index in [1.807, 2.05) is 18.2 Å². The van der Waals surface area contributed by atoms with E-state index >= 15 is 0 Å². The van der Waals surface area contributed by atoms with Crippen LogP contribution < -0.4 is 17.2 Å². The van der Waals surface area contributed by atoms with Crippen LogP contribution in [0.3, 0.4) is 0 Å². The monoisotopic (exact) mass is 556 g/mol. The van der Waals surface area contributed by atoms with Gasteiger partial charge in [-0.3, -0.25) is 4.90 Å². The highest BCUT2D eigenvalue weighted by molar-refractivity contribution is 5.14. The van der Waals surface area contributed by atoms with Crippen molar-refractivity contribution in [3.8, 4) is 0 Å². The molecule has 3 fully saturated rings. The highest BCUT2D eigenvalue weighted by atomic mass is 16.7. The molecule has 2 saturated heterocycles. The first-order valence-corrected chi connectivity index (χ1v) is 13.6. The second kappa shape index (κ2) is 14.0. The normalized spacial score (nSPS) is 41.9. The summed E-state index contributed by atoms with van der Waals surface area (Å²) in [6.07, 6.45) is -7.59. The summed E-state index contributed by atoms with van der Waals surface area (Å²) in [6.45, 7) is 0.921. The Hall–Kier alpha value is -1.30. The number of hydrogen-bond donors (Lipinski definition) is 8. The molecular weight excluding hydrogens is 512 g/mol. The first kappa shape index (κ1) is 30.7. The molecule has 2 aliphatic heterocycles. The van der Waals surface area contributed by atoms with E-state index in [1.54, 1.807) is 0 Å². The van der Waals surface area contributed by atoms with Crippen molar-refractivity contribution in [3.63, 3.8) is 0 Å². The Kier molecular flexibility index (Phi) is 11.0. The first-order valence-electron chi connectivity index (χ1n) is 13.6. The van der Waals surface area contributed by atoms with Gasteiger partial charge in [-0.2, -0.15) is 0 Å². The number of aryl methyl sites for hydroxylation is 1. The number of hydrogen-bond acceptors (Lipinski definition) is 13. The molecule has 1 saturated carbocycles. The molecule has 0 aromatic heterocycles. The molecule has 0 spiro atoms. The fraction of sp³-hybridized carbons (Fsp3) is 0.769. The van der Waals surface area contributed by atoms with E-state index in [0.717, 1.165) is 19.4 Å². The van der Waals surface area contributed by atoms with Crippen molar-refractivity contribution < 1.29 is 44.5 Å². The Bertz CT molecular complexity index is 871. The summed E-state index contributed by atoms with van der Waals surface area (Å²) < 4.78 is 23.9. The van der Waals surface area contributed by atoms with Gasteiger partial charge in [0.05, 0.1) is 31.5 Å². The second-order valence-corrected chi connectivity index (χ2v) is 10.8. The molecule has 4 rings (SSSR count). The Morgan fingerprint density at radius 3 is 2.28 bits per heavy atom. The number of rotatable bonds is 10. The summed E-state index contributed by atoms with van der Waals surface area (Å²) in [5, 5.41) is 50.8. The lowest BCUT2D eigenvalue weighted by atomic mass is 9.84. The molecule has 12 atom stereocenters. The van der Waals surface area contributed by atoms with Crippen molar-refractivity contribution in [2.45, 2.75) is 92.7 Å². The lowest BCUT2D eigenvalue weighted by molar-refractivity contribution is -0.316. The Labute approximate surface area is 228 Å². The first-order chi connectivity index (χ1) is 18.7. The van der Waals surface area contributed by atoms with Gasteiger partial charge in [0.25, 0.3) is 0 Å². The summed E-state index contributed by atoms with van der Waals surface area (Å²) in [7, 11) is 0. The zero-order chi connectivity index (χ0) is 28.1. The van der Waals surface area contributed by atoms with Crippen LogP contribution in [0.5, 0.6) is 0 Å². The van der Waals surface area contributed by atoms with E-state index in [1.165, 1.54) is 5.56 Å². The largest absolute Gasteiger partial charge is 0.394 e. The van der Waals surface area contributed by atoms with E-state index in [-0.39, 0.29) is 13.0 Å². The van der Waals surface area contributed by atoms with Crippen LogP contribution >= 0.6 is 0 Å². The van der Waals surface area contributed by atoms with Gasteiger partial charge in [0.2, 0.25) is 0 Å². The maximum absolute atomic E-state index is 11.0. The number of nitrogens with zero attached hydrogens (tertiary/aromatic N) is 1. The van der Waals surface area contributed by atoms with Gasteiger partial charge >= 0.3 is 0 Å². The topological polar surface area (TPSA) is 219 Å².